The molecule has 1 aromatic rings. The molecule has 0 saturated carbocycles. The number of carbonyl (C=O) groups excluding carboxylic acids is 1. The first-order valence-electron chi connectivity index (χ1n) is 6.38. The molecular weight excluding hydrogens is 226 g/mol. The number of esters is 1. The maximum Gasteiger partial charge on any atom is 0.322 e. The summed E-state index contributed by atoms with van der Waals surface area (Å²) in [5, 5.41) is 3.28. The summed E-state index contributed by atoms with van der Waals surface area (Å²) in [5.41, 5.74) is 1.25. The van der Waals surface area contributed by atoms with Gasteiger partial charge in [-0.1, -0.05) is 51.1 Å². The van der Waals surface area contributed by atoms with Gasteiger partial charge in [0.1, 0.15) is 6.04 Å². The standard InChI is InChI=1S/C15H23NO2/c1-5-13(14(17)18-4)16-11-15(2,3)12-9-7-6-8-10-12/h6-10,13,16H,5,11H2,1-4H3. The van der Waals surface area contributed by atoms with E-state index in [1.807, 2.05) is 25.1 Å². The third kappa shape index (κ3) is 3.84. The molecule has 1 N–H and O–H groups in total. The van der Waals surface area contributed by atoms with Crippen molar-refractivity contribution in [1.29, 1.82) is 0 Å². The van der Waals surface area contributed by atoms with Gasteiger partial charge in [-0.2, -0.15) is 0 Å². The number of benzene rings is 1. The van der Waals surface area contributed by atoms with Gasteiger partial charge in [-0.05, 0) is 12.0 Å². The molecule has 1 unspecified atom stereocenters. The molecule has 1 aromatic carbocycles. The van der Waals surface area contributed by atoms with Crippen LogP contribution in [-0.4, -0.2) is 25.7 Å². The molecule has 0 fully saturated rings. The predicted molar refractivity (Wildman–Crippen MR) is 73.6 cm³/mol. The van der Waals surface area contributed by atoms with Crippen molar-refractivity contribution < 1.29 is 9.53 Å². The van der Waals surface area contributed by atoms with Gasteiger partial charge in [0.15, 0.2) is 0 Å². The maximum absolute atomic E-state index is 11.5. The quantitative estimate of drug-likeness (QED) is 0.787. The topological polar surface area (TPSA) is 38.3 Å². The van der Waals surface area contributed by atoms with Gasteiger partial charge in [-0.25, -0.2) is 0 Å². The van der Waals surface area contributed by atoms with Crippen molar-refractivity contribution in [2.75, 3.05) is 13.7 Å². The van der Waals surface area contributed by atoms with Gasteiger partial charge in [-0.3, -0.25) is 4.79 Å². The number of nitrogens with one attached hydrogen (secondary N) is 1. The molecule has 0 saturated heterocycles. The number of hydrogen-bond donors (Lipinski definition) is 1. The summed E-state index contributed by atoms with van der Waals surface area (Å²) in [4.78, 5) is 11.5. The normalized spacial score (nSPS) is 13.1. The fraction of sp³-hybridized carbons (Fsp3) is 0.533. The predicted octanol–water partition coefficient (Wildman–Crippen LogP) is 2.51. The fourth-order valence-corrected chi connectivity index (χ4v) is 1.91. The van der Waals surface area contributed by atoms with Crippen LogP contribution in [0.15, 0.2) is 30.3 Å². The second kappa shape index (κ2) is 6.55. The molecule has 0 amide bonds. The minimum Gasteiger partial charge on any atom is -0.468 e. The van der Waals surface area contributed by atoms with Crippen LogP contribution in [0, 0.1) is 0 Å². The van der Waals surface area contributed by atoms with E-state index in [9.17, 15) is 4.79 Å². The zero-order valence-corrected chi connectivity index (χ0v) is 11.7. The molecule has 0 aliphatic carbocycles. The Morgan fingerprint density at radius 1 is 1.33 bits per heavy atom. The summed E-state index contributed by atoms with van der Waals surface area (Å²) in [6.07, 6.45) is 0.734. The van der Waals surface area contributed by atoms with E-state index in [0.29, 0.717) is 0 Å². The Labute approximate surface area is 110 Å². The second-order valence-electron chi connectivity index (χ2n) is 5.11. The van der Waals surface area contributed by atoms with Crippen LogP contribution in [0.4, 0.5) is 0 Å². The SMILES string of the molecule is CCC(NCC(C)(C)c1ccccc1)C(=O)OC. The number of methoxy groups -OCH3 is 1. The molecular formula is C15H23NO2. The Bertz CT molecular complexity index is 373. The van der Waals surface area contributed by atoms with E-state index >= 15 is 0 Å². The smallest absolute Gasteiger partial charge is 0.322 e. The average Bonchev–Trinajstić information content (AvgIpc) is 2.40. The van der Waals surface area contributed by atoms with Crippen LogP contribution in [0.1, 0.15) is 32.8 Å². The van der Waals surface area contributed by atoms with Crippen molar-refractivity contribution in [2.45, 2.75) is 38.6 Å². The van der Waals surface area contributed by atoms with Crippen LogP contribution in [-0.2, 0) is 14.9 Å². The van der Waals surface area contributed by atoms with Gasteiger partial charge < -0.3 is 10.1 Å². The maximum atomic E-state index is 11.5. The van der Waals surface area contributed by atoms with Crippen LogP contribution in [0.2, 0.25) is 0 Å². The third-order valence-electron chi connectivity index (χ3n) is 3.24. The van der Waals surface area contributed by atoms with E-state index in [2.05, 4.69) is 31.3 Å². The van der Waals surface area contributed by atoms with Gasteiger partial charge in [0.2, 0.25) is 0 Å². The highest BCUT2D eigenvalue weighted by atomic mass is 16.5. The minimum atomic E-state index is -0.224. The molecule has 1 atom stereocenters. The summed E-state index contributed by atoms with van der Waals surface area (Å²) >= 11 is 0. The van der Waals surface area contributed by atoms with Crippen LogP contribution >= 0.6 is 0 Å². The molecule has 0 aromatic heterocycles. The highest BCUT2D eigenvalue weighted by molar-refractivity contribution is 5.75. The molecule has 1 rings (SSSR count). The van der Waals surface area contributed by atoms with Crippen molar-refractivity contribution in [1.82, 2.24) is 5.32 Å². The number of carbonyl (C=O) groups is 1. The lowest BCUT2D eigenvalue weighted by atomic mass is 9.84. The Hall–Kier alpha value is -1.35. The lowest BCUT2D eigenvalue weighted by Gasteiger charge is -2.27. The molecule has 0 spiro atoms. The molecule has 18 heavy (non-hydrogen) atoms. The molecule has 0 aliphatic rings. The Balaban J connectivity index is 2.64. The lowest BCUT2D eigenvalue weighted by molar-refractivity contribution is -0.143. The molecule has 3 nitrogen and oxygen atoms in total. The van der Waals surface area contributed by atoms with Gasteiger partial charge in [0, 0.05) is 12.0 Å². The first-order chi connectivity index (χ1) is 8.51. The lowest BCUT2D eigenvalue weighted by Crippen LogP contribution is -2.43. The zero-order valence-electron chi connectivity index (χ0n) is 11.7. The van der Waals surface area contributed by atoms with E-state index in [-0.39, 0.29) is 17.4 Å². The van der Waals surface area contributed by atoms with Gasteiger partial charge in [0.05, 0.1) is 7.11 Å². The van der Waals surface area contributed by atoms with Gasteiger partial charge >= 0.3 is 5.97 Å². The Morgan fingerprint density at radius 2 is 1.94 bits per heavy atom. The van der Waals surface area contributed by atoms with E-state index < -0.39 is 0 Å². The summed E-state index contributed by atoms with van der Waals surface area (Å²) in [6, 6.07) is 10.1. The average molecular weight is 249 g/mol. The highest BCUT2D eigenvalue weighted by Gasteiger charge is 2.24. The van der Waals surface area contributed by atoms with Crippen molar-refractivity contribution in [3.8, 4) is 0 Å². The van der Waals surface area contributed by atoms with Crippen LogP contribution in [0.5, 0.6) is 0 Å². The Morgan fingerprint density at radius 3 is 2.44 bits per heavy atom. The van der Waals surface area contributed by atoms with Crippen LogP contribution in [0.25, 0.3) is 0 Å². The molecule has 0 heterocycles. The number of ether oxygens (including phenoxy) is 1. The summed E-state index contributed by atoms with van der Waals surface area (Å²) in [5.74, 6) is -0.193. The van der Waals surface area contributed by atoms with Crippen molar-refractivity contribution in [2.24, 2.45) is 0 Å². The molecule has 0 radical (unpaired) electrons. The fourth-order valence-electron chi connectivity index (χ4n) is 1.91. The molecule has 0 bridgehead atoms. The van der Waals surface area contributed by atoms with E-state index in [4.69, 9.17) is 4.74 Å². The van der Waals surface area contributed by atoms with Crippen LogP contribution < -0.4 is 5.32 Å². The van der Waals surface area contributed by atoms with Crippen molar-refractivity contribution in [3.63, 3.8) is 0 Å². The summed E-state index contributed by atoms with van der Waals surface area (Å²) in [6.45, 7) is 7.05. The van der Waals surface area contributed by atoms with E-state index in [1.165, 1.54) is 12.7 Å². The van der Waals surface area contributed by atoms with E-state index in [1.54, 1.807) is 0 Å². The zero-order chi connectivity index (χ0) is 13.6. The first kappa shape index (κ1) is 14.7. The molecule has 3 heteroatoms. The van der Waals surface area contributed by atoms with Crippen molar-refractivity contribution >= 4 is 5.97 Å². The van der Waals surface area contributed by atoms with E-state index in [0.717, 1.165) is 13.0 Å². The second-order valence-corrected chi connectivity index (χ2v) is 5.11. The summed E-state index contributed by atoms with van der Waals surface area (Å²) < 4.78 is 4.77. The molecule has 100 valence electrons. The largest absolute Gasteiger partial charge is 0.468 e. The Kier molecular flexibility index (Phi) is 5.35. The number of rotatable bonds is 6. The third-order valence-corrected chi connectivity index (χ3v) is 3.24. The highest BCUT2D eigenvalue weighted by Crippen LogP contribution is 2.22. The minimum absolute atomic E-state index is 0.0112. The van der Waals surface area contributed by atoms with Crippen molar-refractivity contribution in [3.05, 3.63) is 35.9 Å². The first-order valence-corrected chi connectivity index (χ1v) is 6.38. The molecule has 0 aliphatic heterocycles. The van der Waals surface area contributed by atoms with Crippen LogP contribution in [0.3, 0.4) is 0 Å². The monoisotopic (exact) mass is 249 g/mol. The van der Waals surface area contributed by atoms with Gasteiger partial charge in [0.25, 0.3) is 0 Å². The van der Waals surface area contributed by atoms with Gasteiger partial charge in [-0.15, -0.1) is 0 Å². The number of hydrogen-bond acceptors (Lipinski definition) is 3. The summed E-state index contributed by atoms with van der Waals surface area (Å²) in [7, 11) is 1.43.